The first-order valence-corrected chi connectivity index (χ1v) is 11.7. The Bertz CT molecular complexity index is 946. The standard InChI is InChI=1S/C22H26F3N2O5PS/c23-22(24,25)19-12-17(21(34)14-27-13-18(26)15-32-33(28)29)6-7-20(19)31-11-10-30-9-8-16-4-2-1-3-5-16/h1-7,12-14,18,28-29,34H,8-11,15,26H2/b21-14-,27-13?. The number of thiol groups is 1. The summed E-state index contributed by atoms with van der Waals surface area (Å²) in [6.45, 7) is 0.369. The average molecular weight is 518 g/mol. The summed E-state index contributed by atoms with van der Waals surface area (Å²) in [5, 5.41) is 0. The first kappa shape index (κ1) is 28.3. The van der Waals surface area contributed by atoms with Crippen molar-refractivity contribution in [3.63, 3.8) is 0 Å². The summed E-state index contributed by atoms with van der Waals surface area (Å²) in [5.74, 6) is -0.309. The van der Waals surface area contributed by atoms with Crippen molar-refractivity contribution in [1.29, 1.82) is 0 Å². The summed E-state index contributed by atoms with van der Waals surface area (Å²) in [7, 11) is -2.53. The zero-order chi connectivity index (χ0) is 25.0. The Kier molecular flexibility index (Phi) is 12.0. The van der Waals surface area contributed by atoms with Crippen LogP contribution in [0.4, 0.5) is 13.2 Å². The molecule has 4 N–H and O–H groups in total. The highest BCUT2D eigenvalue weighted by molar-refractivity contribution is 7.90. The van der Waals surface area contributed by atoms with Gasteiger partial charge in [0, 0.05) is 17.3 Å². The second kappa shape index (κ2) is 14.4. The monoisotopic (exact) mass is 518 g/mol. The highest BCUT2D eigenvalue weighted by Crippen LogP contribution is 2.38. The van der Waals surface area contributed by atoms with E-state index < -0.39 is 26.4 Å². The maximum absolute atomic E-state index is 13.6. The highest BCUT2D eigenvalue weighted by Gasteiger charge is 2.34. The number of nitrogens with two attached hydrogens (primary N) is 1. The minimum atomic E-state index is -4.64. The van der Waals surface area contributed by atoms with E-state index in [-0.39, 0.29) is 36.0 Å². The van der Waals surface area contributed by atoms with Crippen LogP contribution in [0, 0.1) is 0 Å². The molecule has 2 aromatic rings. The molecule has 0 heterocycles. The SMILES string of the molecule is NC(C=N/C=C(\S)c1ccc(OCCOCCc2ccccc2)c(C(F)(F)F)c1)COP(O)O. The van der Waals surface area contributed by atoms with Crippen molar-refractivity contribution in [2.75, 3.05) is 26.4 Å². The fraction of sp³-hybridized carbons (Fsp3) is 0.318. The molecule has 0 aliphatic carbocycles. The zero-order valence-electron chi connectivity index (χ0n) is 18.1. The summed E-state index contributed by atoms with van der Waals surface area (Å²) in [6.07, 6.45) is -1.47. The van der Waals surface area contributed by atoms with Crippen molar-refractivity contribution in [2.24, 2.45) is 10.7 Å². The molecule has 1 unspecified atom stereocenters. The van der Waals surface area contributed by atoms with Crippen LogP contribution in [0.15, 0.2) is 59.7 Å². The van der Waals surface area contributed by atoms with Crippen LogP contribution in [-0.4, -0.2) is 48.5 Å². The van der Waals surface area contributed by atoms with E-state index in [9.17, 15) is 13.2 Å². The van der Waals surface area contributed by atoms with Crippen molar-refractivity contribution in [3.8, 4) is 5.75 Å². The molecular formula is C22H26F3N2O5PS. The van der Waals surface area contributed by atoms with Crippen LogP contribution in [0.5, 0.6) is 5.75 Å². The maximum Gasteiger partial charge on any atom is 0.419 e. The van der Waals surface area contributed by atoms with Crippen molar-refractivity contribution >= 4 is 32.4 Å². The second-order valence-corrected chi connectivity index (χ2v) is 8.18. The molecule has 0 saturated heterocycles. The summed E-state index contributed by atoms with van der Waals surface area (Å²) in [6, 6.07) is 12.6. The first-order valence-electron chi connectivity index (χ1n) is 10.1. The number of halogens is 3. The molecule has 2 aromatic carbocycles. The fourth-order valence-electron chi connectivity index (χ4n) is 2.68. The van der Waals surface area contributed by atoms with E-state index in [1.54, 1.807) is 0 Å². The summed E-state index contributed by atoms with van der Waals surface area (Å²) >= 11 is 4.19. The van der Waals surface area contributed by atoms with Gasteiger partial charge in [0.25, 0.3) is 0 Å². The van der Waals surface area contributed by atoms with Crippen LogP contribution < -0.4 is 10.5 Å². The van der Waals surface area contributed by atoms with Gasteiger partial charge in [0.15, 0.2) is 0 Å². The summed E-state index contributed by atoms with van der Waals surface area (Å²) in [5.41, 5.74) is 5.99. The van der Waals surface area contributed by atoms with Crippen molar-refractivity contribution in [1.82, 2.24) is 0 Å². The van der Waals surface area contributed by atoms with E-state index in [1.807, 2.05) is 30.3 Å². The highest BCUT2D eigenvalue weighted by atomic mass is 32.1. The third-order valence-electron chi connectivity index (χ3n) is 4.30. The van der Waals surface area contributed by atoms with Crippen LogP contribution in [-0.2, 0) is 21.9 Å². The van der Waals surface area contributed by atoms with E-state index >= 15 is 0 Å². The van der Waals surface area contributed by atoms with Crippen molar-refractivity contribution < 1.29 is 37.0 Å². The van der Waals surface area contributed by atoms with Gasteiger partial charge in [-0.3, -0.25) is 4.99 Å². The number of benzene rings is 2. The number of hydrogen-bond donors (Lipinski definition) is 4. The molecule has 0 bridgehead atoms. The summed E-state index contributed by atoms with van der Waals surface area (Å²) < 4.78 is 56.0. The van der Waals surface area contributed by atoms with Crippen LogP contribution in [0.2, 0.25) is 0 Å². The van der Waals surface area contributed by atoms with Crippen LogP contribution in [0.1, 0.15) is 16.7 Å². The van der Waals surface area contributed by atoms with E-state index in [1.165, 1.54) is 24.5 Å². The number of ether oxygens (including phenoxy) is 2. The molecule has 7 nitrogen and oxygen atoms in total. The van der Waals surface area contributed by atoms with Gasteiger partial charge in [-0.1, -0.05) is 36.4 Å². The Morgan fingerprint density at radius 3 is 2.53 bits per heavy atom. The molecule has 0 aromatic heterocycles. The predicted molar refractivity (Wildman–Crippen MR) is 129 cm³/mol. The predicted octanol–water partition coefficient (Wildman–Crippen LogP) is 4.20. The number of rotatable bonds is 13. The molecule has 1 atom stereocenters. The lowest BCUT2D eigenvalue weighted by molar-refractivity contribution is -0.139. The maximum atomic E-state index is 13.6. The number of hydrogen-bond acceptors (Lipinski definition) is 8. The van der Waals surface area contributed by atoms with Crippen molar-refractivity contribution in [2.45, 2.75) is 18.6 Å². The molecular weight excluding hydrogens is 492 g/mol. The molecule has 0 saturated carbocycles. The number of nitrogens with zero attached hydrogens (tertiary/aromatic N) is 1. The molecule has 0 amide bonds. The van der Waals surface area contributed by atoms with E-state index in [0.717, 1.165) is 11.6 Å². The largest absolute Gasteiger partial charge is 0.491 e. The van der Waals surface area contributed by atoms with Crippen LogP contribution in [0.3, 0.4) is 0 Å². The molecule has 34 heavy (non-hydrogen) atoms. The Labute approximate surface area is 202 Å². The lowest BCUT2D eigenvalue weighted by Crippen LogP contribution is -2.26. The second-order valence-electron chi connectivity index (χ2n) is 6.93. The van der Waals surface area contributed by atoms with Gasteiger partial charge in [0.2, 0.25) is 0 Å². The molecule has 0 aliphatic rings. The van der Waals surface area contributed by atoms with Gasteiger partial charge in [-0.2, -0.15) is 13.2 Å². The topological polar surface area (TPSA) is 107 Å². The normalized spacial score (nSPS) is 13.6. The molecule has 0 spiro atoms. The Morgan fingerprint density at radius 1 is 1.12 bits per heavy atom. The van der Waals surface area contributed by atoms with E-state index in [4.69, 9.17) is 25.0 Å². The van der Waals surface area contributed by atoms with Crippen molar-refractivity contribution in [3.05, 3.63) is 71.4 Å². The number of alkyl halides is 3. The summed E-state index contributed by atoms with van der Waals surface area (Å²) in [4.78, 5) is 21.4. The first-order chi connectivity index (χ1) is 16.2. The van der Waals surface area contributed by atoms with Crippen LogP contribution >= 0.6 is 21.2 Å². The smallest absolute Gasteiger partial charge is 0.419 e. The third-order valence-corrected chi connectivity index (χ3v) is 5.05. The Morgan fingerprint density at radius 2 is 1.85 bits per heavy atom. The minimum absolute atomic E-state index is 0.0328. The van der Waals surface area contributed by atoms with Gasteiger partial charge in [-0.05, 0) is 29.7 Å². The van der Waals surface area contributed by atoms with Gasteiger partial charge in [-0.25, -0.2) is 0 Å². The third kappa shape index (κ3) is 10.5. The van der Waals surface area contributed by atoms with Gasteiger partial charge in [-0.15, -0.1) is 12.6 Å². The molecule has 12 heteroatoms. The van der Waals surface area contributed by atoms with Gasteiger partial charge in [0.1, 0.15) is 12.4 Å². The lowest BCUT2D eigenvalue weighted by atomic mass is 10.1. The van der Waals surface area contributed by atoms with Gasteiger partial charge < -0.3 is 29.5 Å². The molecule has 0 aliphatic heterocycles. The Balaban J connectivity index is 1.93. The van der Waals surface area contributed by atoms with E-state index in [0.29, 0.717) is 13.0 Å². The zero-order valence-corrected chi connectivity index (χ0v) is 19.8. The molecule has 2 rings (SSSR count). The molecule has 0 radical (unpaired) electrons. The molecule has 0 fully saturated rings. The lowest BCUT2D eigenvalue weighted by Gasteiger charge is -2.15. The van der Waals surface area contributed by atoms with Gasteiger partial charge >= 0.3 is 14.8 Å². The minimum Gasteiger partial charge on any atom is -0.491 e. The quantitative estimate of drug-likeness (QED) is 0.137. The van der Waals surface area contributed by atoms with Crippen LogP contribution in [0.25, 0.3) is 4.91 Å². The average Bonchev–Trinajstić information content (AvgIpc) is 2.80. The van der Waals surface area contributed by atoms with Gasteiger partial charge in [0.05, 0.1) is 31.4 Å². The fourth-order valence-corrected chi connectivity index (χ4v) is 3.19. The van der Waals surface area contributed by atoms with E-state index in [2.05, 4.69) is 22.1 Å². The molecule has 186 valence electrons. The Hall–Kier alpha value is -1.98. The number of aliphatic imine (C=N–C) groups is 1.